The largest absolute Gasteiger partial charge is 0.192 e. The van der Waals surface area contributed by atoms with Gasteiger partial charge in [0.1, 0.15) is 17.7 Å². The summed E-state index contributed by atoms with van der Waals surface area (Å²) in [7, 11) is 0. The van der Waals surface area contributed by atoms with Crippen LogP contribution in [0.25, 0.3) is 0 Å². The number of rotatable bonds is 0. The van der Waals surface area contributed by atoms with Crippen molar-refractivity contribution in [1.29, 1.82) is 10.5 Å². The first-order chi connectivity index (χ1) is 5.38. The fraction of sp³-hybridized carbons (Fsp3) is 0.111. The molecule has 0 saturated heterocycles. The number of allylic oxidation sites excluding steroid dienone is 6. The van der Waals surface area contributed by atoms with Crippen LogP contribution < -0.4 is 0 Å². The molecule has 0 amide bonds. The molecule has 0 aliphatic heterocycles. The van der Waals surface area contributed by atoms with E-state index in [4.69, 9.17) is 10.5 Å². The van der Waals surface area contributed by atoms with Gasteiger partial charge in [0.15, 0.2) is 0 Å². The predicted molar refractivity (Wildman–Crippen MR) is 41.1 cm³/mol. The molecule has 52 valence electrons. The van der Waals surface area contributed by atoms with Gasteiger partial charge in [0.05, 0.1) is 0 Å². The van der Waals surface area contributed by atoms with Gasteiger partial charge in [-0.3, -0.25) is 0 Å². The van der Waals surface area contributed by atoms with Gasteiger partial charge in [0.25, 0.3) is 0 Å². The molecule has 0 spiro atoms. The van der Waals surface area contributed by atoms with Crippen molar-refractivity contribution >= 4 is 0 Å². The lowest BCUT2D eigenvalue weighted by atomic mass is 10.0. The third-order valence-corrected chi connectivity index (χ3v) is 1.43. The average molecular weight is 142 g/mol. The van der Waals surface area contributed by atoms with Crippen molar-refractivity contribution in [2.75, 3.05) is 0 Å². The first-order valence-electron chi connectivity index (χ1n) is 3.25. The highest BCUT2D eigenvalue weighted by atomic mass is 14.3. The van der Waals surface area contributed by atoms with E-state index >= 15 is 0 Å². The molecule has 1 rings (SSSR count). The number of hydrogen-bond donors (Lipinski definition) is 0. The van der Waals surface area contributed by atoms with E-state index < -0.39 is 0 Å². The Morgan fingerprint density at radius 2 is 2.00 bits per heavy atom. The summed E-state index contributed by atoms with van der Waals surface area (Å²) in [5.41, 5.74) is 1.02. The first-order valence-corrected chi connectivity index (χ1v) is 3.25. The standard InChI is InChI=1S/C9H6N2/c10-6-9(7-11)8-4-2-1-3-5-8/h1-4H,5H2. The van der Waals surface area contributed by atoms with E-state index in [0.29, 0.717) is 6.42 Å². The van der Waals surface area contributed by atoms with Crippen molar-refractivity contribution in [1.82, 2.24) is 0 Å². The molecule has 0 fully saturated rings. The Morgan fingerprint density at radius 1 is 1.27 bits per heavy atom. The summed E-state index contributed by atoms with van der Waals surface area (Å²) in [6.07, 6.45) is 8.13. The Labute approximate surface area is 65.4 Å². The lowest BCUT2D eigenvalue weighted by molar-refractivity contribution is 1.24. The third kappa shape index (κ3) is 1.56. The summed E-state index contributed by atoms with van der Waals surface area (Å²) < 4.78 is 0. The molecule has 0 aromatic rings. The minimum Gasteiger partial charge on any atom is -0.192 e. The van der Waals surface area contributed by atoms with Gasteiger partial charge in [-0.2, -0.15) is 10.5 Å². The minimum atomic E-state index is 0.214. The van der Waals surface area contributed by atoms with Crippen molar-refractivity contribution < 1.29 is 0 Å². The van der Waals surface area contributed by atoms with Gasteiger partial charge in [-0.25, -0.2) is 0 Å². The second-order valence-electron chi connectivity index (χ2n) is 2.12. The van der Waals surface area contributed by atoms with E-state index in [0.717, 1.165) is 5.57 Å². The van der Waals surface area contributed by atoms with Crippen LogP contribution in [0.3, 0.4) is 0 Å². The van der Waals surface area contributed by atoms with Crippen LogP contribution in [0, 0.1) is 22.7 Å². The average Bonchev–Trinajstić information content (AvgIpc) is 2.09. The summed E-state index contributed by atoms with van der Waals surface area (Å²) >= 11 is 0. The maximum absolute atomic E-state index is 8.49. The van der Waals surface area contributed by atoms with Crippen molar-refractivity contribution in [2.24, 2.45) is 0 Å². The molecule has 0 heterocycles. The van der Waals surface area contributed by atoms with E-state index in [2.05, 4.69) is 0 Å². The molecular formula is C9H6N2. The maximum atomic E-state index is 8.49. The quantitative estimate of drug-likeness (QED) is 0.484. The third-order valence-electron chi connectivity index (χ3n) is 1.43. The van der Waals surface area contributed by atoms with Crippen molar-refractivity contribution in [3.05, 3.63) is 35.5 Å². The molecule has 0 N–H and O–H groups in total. The molecule has 0 aromatic carbocycles. The van der Waals surface area contributed by atoms with Gasteiger partial charge in [-0.15, -0.1) is 0 Å². The normalized spacial score (nSPS) is 13.8. The number of hydrogen-bond acceptors (Lipinski definition) is 2. The number of nitriles is 2. The molecule has 2 heteroatoms. The lowest BCUT2D eigenvalue weighted by Crippen LogP contribution is -1.85. The van der Waals surface area contributed by atoms with Gasteiger partial charge < -0.3 is 0 Å². The second-order valence-corrected chi connectivity index (χ2v) is 2.12. The van der Waals surface area contributed by atoms with Crippen LogP contribution in [0.2, 0.25) is 0 Å². The van der Waals surface area contributed by atoms with Crippen molar-refractivity contribution in [3.63, 3.8) is 0 Å². The Hall–Kier alpha value is -1.80. The summed E-state index contributed by atoms with van der Waals surface area (Å²) in [6, 6.07) is 3.71. The molecule has 2 nitrogen and oxygen atoms in total. The Bertz CT molecular complexity index is 302. The fourth-order valence-corrected chi connectivity index (χ4v) is 0.867. The lowest BCUT2D eigenvalue weighted by Gasteiger charge is -1.99. The van der Waals surface area contributed by atoms with Gasteiger partial charge in [-0.1, -0.05) is 24.3 Å². The number of nitrogens with zero attached hydrogens (tertiary/aromatic N) is 2. The van der Waals surface area contributed by atoms with Crippen molar-refractivity contribution in [3.8, 4) is 12.1 Å². The molecule has 0 aromatic heterocycles. The van der Waals surface area contributed by atoms with Crippen LogP contribution in [0.4, 0.5) is 0 Å². The molecule has 1 aliphatic carbocycles. The highest BCUT2D eigenvalue weighted by molar-refractivity contribution is 5.47. The molecule has 11 heavy (non-hydrogen) atoms. The molecule has 0 atom stereocenters. The Morgan fingerprint density at radius 3 is 2.45 bits per heavy atom. The summed E-state index contributed by atoms with van der Waals surface area (Å²) in [6.45, 7) is 0. The van der Waals surface area contributed by atoms with Crippen LogP contribution >= 0.6 is 0 Å². The summed E-state index contributed by atoms with van der Waals surface area (Å²) in [4.78, 5) is 0. The van der Waals surface area contributed by atoms with E-state index in [-0.39, 0.29) is 5.57 Å². The van der Waals surface area contributed by atoms with Gasteiger partial charge in [0, 0.05) is 0 Å². The molecule has 1 aliphatic rings. The monoisotopic (exact) mass is 142 g/mol. The zero-order valence-corrected chi connectivity index (χ0v) is 5.91. The van der Waals surface area contributed by atoms with E-state index in [1.54, 1.807) is 6.08 Å². The topological polar surface area (TPSA) is 47.6 Å². The van der Waals surface area contributed by atoms with Crippen LogP contribution in [0.1, 0.15) is 6.42 Å². The molecule has 0 unspecified atom stereocenters. The molecule has 0 bridgehead atoms. The van der Waals surface area contributed by atoms with E-state index in [1.807, 2.05) is 30.4 Å². The van der Waals surface area contributed by atoms with Crippen molar-refractivity contribution in [2.45, 2.75) is 6.42 Å². The smallest absolute Gasteiger partial charge is 0.133 e. The Kier molecular flexibility index (Phi) is 2.25. The zero-order chi connectivity index (χ0) is 8.10. The molecule has 0 radical (unpaired) electrons. The second kappa shape index (κ2) is 3.39. The van der Waals surface area contributed by atoms with Crippen LogP contribution in [0.5, 0.6) is 0 Å². The minimum absolute atomic E-state index is 0.214. The van der Waals surface area contributed by atoms with Crippen LogP contribution in [0.15, 0.2) is 35.5 Å². The zero-order valence-electron chi connectivity index (χ0n) is 5.91. The fourth-order valence-electron chi connectivity index (χ4n) is 0.867. The molecule has 0 saturated carbocycles. The summed E-state index contributed by atoms with van der Waals surface area (Å²) in [5.74, 6) is 0. The summed E-state index contributed by atoms with van der Waals surface area (Å²) in [5, 5.41) is 17.0. The van der Waals surface area contributed by atoms with Crippen LogP contribution in [-0.2, 0) is 0 Å². The highest BCUT2D eigenvalue weighted by Gasteiger charge is 2.01. The van der Waals surface area contributed by atoms with Gasteiger partial charge in [0.2, 0.25) is 0 Å². The first kappa shape index (κ1) is 7.31. The predicted octanol–water partition coefficient (Wildman–Crippen LogP) is 1.85. The highest BCUT2D eigenvalue weighted by Crippen LogP contribution is 2.13. The van der Waals surface area contributed by atoms with Crippen LogP contribution in [-0.4, -0.2) is 0 Å². The SMILES string of the molecule is N#CC(C#N)=C1C=CC=CC1. The van der Waals surface area contributed by atoms with E-state index in [1.165, 1.54) is 0 Å². The van der Waals surface area contributed by atoms with Gasteiger partial charge in [-0.05, 0) is 12.0 Å². The molecular weight excluding hydrogens is 136 g/mol. The Balaban J connectivity index is 3.00. The van der Waals surface area contributed by atoms with Gasteiger partial charge >= 0.3 is 0 Å². The maximum Gasteiger partial charge on any atom is 0.133 e. The van der Waals surface area contributed by atoms with E-state index in [9.17, 15) is 0 Å².